The molecular weight excluding hydrogens is 302 g/mol. The van der Waals surface area contributed by atoms with Gasteiger partial charge in [-0.1, -0.05) is 30.3 Å². The Balaban J connectivity index is 1.82. The summed E-state index contributed by atoms with van der Waals surface area (Å²) in [4.78, 5) is 12.6. The summed E-state index contributed by atoms with van der Waals surface area (Å²) in [6.07, 6.45) is 1.80. The Kier molecular flexibility index (Phi) is 4.39. The van der Waals surface area contributed by atoms with Crippen LogP contribution in [0.4, 0.5) is 5.69 Å². The minimum Gasteiger partial charge on any atom is -0.479 e. The van der Waals surface area contributed by atoms with Crippen molar-refractivity contribution in [2.45, 2.75) is 6.92 Å². The van der Waals surface area contributed by atoms with Gasteiger partial charge in [0.2, 0.25) is 0 Å². The van der Waals surface area contributed by atoms with Crippen molar-refractivity contribution in [3.8, 4) is 11.8 Å². The summed E-state index contributed by atoms with van der Waals surface area (Å²) in [7, 11) is 0. The highest BCUT2D eigenvalue weighted by Gasteiger charge is 2.28. The summed E-state index contributed by atoms with van der Waals surface area (Å²) >= 11 is 0. The zero-order valence-electron chi connectivity index (χ0n) is 13.1. The number of nitriles is 1. The standard InChI is InChI=1S/C19H15N3O2/c1-14-18(13-15-7-9-17(10-8-15)24-12-11-20)19(23)22(21-14)16-5-3-2-4-6-16/h2-10,13H,12H2,1H3/b18-13+. The number of anilines is 1. The average molecular weight is 317 g/mol. The van der Waals surface area contributed by atoms with Gasteiger partial charge in [0, 0.05) is 0 Å². The minimum absolute atomic E-state index is 0.0106. The van der Waals surface area contributed by atoms with Crippen molar-refractivity contribution in [2.75, 3.05) is 11.6 Å². The van der Waals surface area contributed by atoms with Crippen LogP contribution in [-0.4, -0.2) is 18.2 Å². The molecule has 1 aliphatic rings. The van der Waals surface area contributed by atoms with Gasteiger partial charge in [0.05, 0.1) is 17.0 Å². The molecule has 0 saturated carbocycles. The summed E-state index contributed by atoms with van der Waals surface area (Å²) in [6.45, 7) is 1.83. The molecular formula is C19H15N3O2. The second kappa shape index (κ2) is 6.80. The van der Waals surface area contributed by atoms with Gasteiger partial charge in [-0.3, -0.25) is 4.79 Å². The third-order valence-corrected chi connectivity index (χ3v) is 3.56. The van der Waals surface area contributed by atoms with Crippen LogP contribution in [-0.2, 0) is 4.79 Å². The van der Waals surface area contributed by atoms with E-state index in [9.17, 15) is 4.79 Å². The first kappa shape index (κ1) is 15.5. The average Bonchev–Trinajstić information content (AvgIpc) is 2.90. The quantitative estimate of drug-likeness (QED) is 0.812. The Morgan fingerprint density at radius 3 is 2.54 bits per heavy atom. The largest absolute Gasteiger partial charge is 0.479 e. The molecule has 5 heteroatoms. The van der Waals surface area contributed by atoms with E-state index >= 15 is 0 Å². The van der Waals surface area contributed by atoms with Crippen LogP contribution in [0.25, 0.3) is 6.08 Å². The second-order valence-electron chi connectivity index (χ2n) is 5.21. The maximum atomic E-state index is 12.6. The van der Waals surface area contributed by atoms with Crippen molar-refractivity contribution in [3.63, 3.8) is 0 Å². The lowest BCUT2D eigenvalue weighted by Crippen LogP contribution is -2.21. The maximum absolute atomic E-state index is 12.6. The number of carbonyl (C=O) groups excluding carboxylic acids is 1. The molecule has 0 saturated heterocycles. The summed E-state index contributed by atoms with van der Waals surface area (Å²) in [5, 5.41) is 14.3. The van der Waals surface area contributed by atoms with Crippen molar-refractivity contribution in [2.24, 2.45) is 5.10 Å². The van der Waals surface area contributed by atoms with Crippen molar-refractivity contribution < 1.29 is 9.53 Å². The zero-order chi connectivity index (χ0) is 16.9. The molecule has 118 valence electrons. The number of benzene rings is 2. The smallest absolute Gasteiger partial charge is 0.280 e. The van der Waals surface area contributed by atoms with E-state index in [2.05, 4.69) is 5.10 Å². The number of nitrogens with zero attached hydrogens (tertiary/aromatic N) is 3. The van der Waals surface area contributed by atoms with E-state index in [1.54, 1.807) is 18.2 Å². The predicted octanol–water partition coefficient (Wildman–Crippen LogP) is 3.40. The Bertz CT molecular complexity index is 846. The number of hydrazone groups is 1. The molecule has 5 nitrogen and oxygen atoms in total. The molecule has 0 unspecified atom stereocenters. The molecule has 1 amide bonds. The molecule has 0 fully saturated rings. The van der Waals surface area contributed by atoms with E-state index in [-0.39, 0.29) is 12.5 Å². The van der Waals surface area contributed by atoms with E-state index in [4.69, 9.17) is 10.00 Å². The fourth-order valence-corrected chi connectivity index (χ4v) is 2.37. The molecule has 0 N–H and O–H groups in total. The molecule has 0 atom stereocenters. The van der Waals surface area contributed by atoms with E-state index in [1.807, 2.05) is 55.5 Å². The van der Waals surface area contributed by atoms with Gasteiger partial charge in [-0.2, -0.15) is 15.4 Å². The molecule has 3 rings (SSSR count). The van der Waals surface area contributed by atoms with E-state index in [1.165, 1.54) is 5.01 Å². The second-order valence-corrected chi connectivity index (χ2v) is 5.21. The lowest BCUT2D eigenvalue weighted by molar-refractivity contribution is -0.114. The van der Waals surface area contributed by atoms with E-state index in [0.717, 1.165) is 11.3 Å². The first-order valence-electron chi connectivity index (χ1n) is 7.45. The molecule has 0 aromatic heterocycles. The molecule has 2 aromatic carbocycles. The summed E-state index contributed by atoms with van der Waals surface area (Å²) in [6, 6.07) is 18.5. The number of carbonyl (C=O) groups is 1. The topological polar surface area (TPSA) is 65.7 Å². The molecule has 0 bridgehead atoms. The zero-order valence-corrected chi connectivity index (χ0v) is 13.1. The molecule has 0 aliphatic carbocycles. The van der Waals surface area contributed by atoms with Crippen LogP contribution in [0.2, 0.25) is 0 Å². The third-order valence-electron chi connectivity index (χ3n) is 3.56. The number of hydrogen-bond donors (Lipinski definition) is 0. The van der Waals surface area contributed by atoms with Gasteiger partial charge < -0.3 is 4.74 Å². The van der Waals surface area contributed by atoms with Crippen molar-refractivity contribution in [3.05, 3.63) is 65.7 Å². The monoisotopic (exact) mass is 317 g/mol. The normalized spacial score (nSPS) is 15.3. The van der Waals surface area contributed by atoms with Crippen LogP contribution in [0, 0.1) is 11.3 Å². The highest BCUT2D eigenvalue weighted by atomic mass is 16.5. The van der Waals surface area contributed by atoms with Gasteiger partial charge in [-0.15, -0.1) is 0 Å². The summed E-state index contributed by atoms with van der Waals surface area (Å²) in [5.74, 6) is 0.469. The Morgan fingerprint density at radius 1 is 1.17 bits per heavy atom. The fraction of sp³-hybridized carbons (Fsp3) is 0.105. The molecule has 1 heterocycles. The predicted molar refractivity (Wildman–Crippen MR) is 92.6 cm³/mol. The number of amides is 1. The molecule has 1 aliphatic heterocycles. The molecule has 24 heavy (non-hydrogen) atoms. The Morgan fingerprint density at radius 2 is 1.88 bits per heavy atom. The fourth-order valence-electron chi connectivity index (χ4n) is 2.37. The van der Waals surface area contributed by atoms with Gasteiger partial charge in [0.25, 0.3) is 5.91 Å². The number of ether oxygens (including phenoxy) is 1. The Labute approximate surface area is 140 Å². The van der Waals surface area contributed by atoms with Crippen molar-refractivity contribution in [1.29, 1.82) is 5.26 Å². The van der Waals surface area contributed by atoms with Crippen LogP contribution in [0.1, 0.15) is 12.5 Å². The molecule has 0 spiro atoms. The third kappa shape index (κ3) is 3.18. The first-order valence-corrected chi connectivity index (χ1v) is 7.45. The van der Waals surface area contributed by atoms with Crippen molar-refractivity contribution >= 4 is 23.4 Å². The maximum Gasteiger partial charge on any atom is 0.280 e. The van der Waals surface area contributed by atoms with Crippen molar-refractivity contribution in [1.82, 2.24) is 0 Å². The summed E-state index contributed by atoms with van der Waals surface area (Å²) < 4.78 is 5.22. The van der Waals surface area contributed by atoms with Gasteiger partial charge in [-0.05, 0) is 42.8 Å². The van der Waals surface area contributed by atoms with Crippen LogP contribution in [0.5, 0.6) is 5.75 Å². The SMILES string of the molecule is CC1=NN(c2ccccc2)C(=O)/C1=C/c1ccc(OCC#N)cc1. The first-order chi connectivity index (χ1) is 11.7. The van der Waals surface area contributed by atoms with E-state index < -0.39 is 0 Å². The lowest BCUT2D eigenvalue weighted by atomic mass is 10.1. The highest BCUT2D eigenvalue weighted by molar-refractivity contribution is 6.32. The number of hydrogen-bond acceptors (Lipinski definition) is 4. The van der Waals surface area contributed by atoms with Gasteiger partial charge >= 0.3 is 0 Å². The van der Waals surface area contributed by atoms with Gasteiger partial charge in [0.15, 0.2) is 6.61 Å². The lowest BCUT2D eigenvalue weighted by Gasteiger charge is -2.11. The van der Waals surface area contributed by atoms with Crippen LogP contribution < -0.4 is 9.75 Å². The summed E-state index contributed by atoms with van der Waals surface area (Å²) in [5.41, 5.74) is 2.84. The van der Waals surface area contributed by atoms with Crippen LogP contribution >= 0.6 is 0 Å². The van der Waals surface area contributed by atoms with Crippen LogP contribution in [0.15, 0.2) is 65.3 Å². The number of rotatable bonds is 4. The molecule has 2 aromatic rings. The van der Waals surface area contributed by atoms with Crippen LogP contribution in [0.3, 0.4) is 0 Å². The Hall–Kier alpha value is -3.39. The van der Waals surface area contributed by atoms with Gasteiger partial charge in [-0.25, -0.2) is 0 Å². The highest BCUT2D eigenvalue weighted by Crippen LogP contribution is 2.25. The van der Waals surface area contributed by atoms with E-state index in [0.29, 0.717) is 17.0 Å². The minimum atomic E-state index is -0.150. The molecule has 0 radical (unpaired) electrons. The number of para-hydroxylation sites is 1. The van der Waals surface area contributed by atoms with Gasteiger partial charge in [0.1, 0.15) is 11.8 Å².